The van der Waals surface area contributed by atoms with Gasteiger partial charge >= 0.3 is 0 Å². The third-order valence-electron chi connectivity index (χ3n) is 5.04. The lowest BCUT2D eigenvalue weighted by molar-refractivity contribution is 0.306. The molecule has 1 aromatic carbocycles. The average Bonchev–Trinajstić information content (AvgIpc) is 3.18. The van der Waals surface area contributed by atoms with Crippen molar-refractivity contribution < 1.29 is 14.6 Å². The third-order valence-corrected chi connectivity index (χ3v) is 5.04. The number of amidine groups is 2. The summed E-state index contributed by atoms with van der Waals surface area (Å²) < 4.78 is 10.8. The summed E-state index contributed by atoms with van der Waals surface area (Å²) in [5.41, 5.74) is 1.10. The molecule has 0 aromatic heterocycles. The number of hydrogen-bond acceptors (Lipinski definition) is 7. The standard InChI is InChI=1S/C20H22N4O3/c1-20(5-4-6-21-12-20)17(25)11-18-23-14-10-16(27-3)15(26-2)9-13(14)19-22-7-8-24(18)19/h4,6,9-12,25H,5,7-8H2,1-3H3/b17-11-. The highest BCUT2D eigenvalue weighted by atomic mass is 16.5. The molecule has 1 unspecified atom stereocenters. The summed E-state index contributed by atoms with van der Waals surface area (Å²) in [6.07, 6.45) is 7.86. The largest absolute Gasteiger partial charge is 0.511 e. The maximum atomic E-state index is 10.8. The molecular weight excluding hydrogens is 344 g/mol. The van der Waals surface area contributed by atoms with Crippen molar-refractivity contribution in [1.29, 1.82) is 0 Å². The molecule has 0 bridgehead atoms. The molecule has 0 spiro atoms. The molecule has 0 saturated heterocycles. The van der Waals surface area contributed by atoms with E-state index in [0.29, 0.717) is 30.3 Å². The van der Waals surface area contributed by atoms with E-state index in [4.69, 9.17) is 14.5 Å². The van der Waals surface area contributed by atoms with E-state index >= 15 is 0 Å². The lowest BCUT2D eigenvalue weighted by Crippen LogP contribution is -2.37. The van der Waals surface area contributed by atoms with Crippen LogP contribution >= 0.6 is 0 Å². The van der Waals surface area contributed by atoms with Crippen molar-refractivity contribution in [1.82, 2.24) is 4.90 Å². The van der Waals surface area contributed by atoms with Crippen LogP contribution in [0.25, 0.3) is 0 Å². The van der Waals surface area contributed by atoms with Crippen LogP contribution < -0.4 is 9.47 Å². The van der Waals surface area contributed by atoms with Gasteiger partial charge in [-0.25, -0.2) is 4.99 Å². The number of ether oxygens (including phenoxy) is 2. The minimum Gasteiger partial charge on any atom is -0.511 e. The van der Waals surface area contributed by atoms with E-state index < -0.39 is 5.41 Å². The molecule has 0 fully saturated rings. The van der Waals surface area contributed by atoms with E-state index in [-0.39, 0.29) is 5.76 Å². The number of aliphatic imine (C=N–C) groups is 3. The fraction of sp³-hybridized carbons (Fsp3) is 0.350. The SMILES string of the molecule is COc1cc2c(cc1OC)C1=NCCN1C(/C=C(\O)C1(C)C=NC=CC1)=N2. The molecule has 7 nitrogen and oxygen atoms in total. The number of hydrogen-bond donors (Lipinski definition) is 1. The van der Waals surface area contributed by atoms with Gasteiger partial charge in [0.1, 0.15) is 17.4 Å². The molecule has 3 aliphatic heterocycles. The Bertz CT molecular complexity index is 929. The Kier molecular flexibility index (Phi) is 4.22. The van der Waals surface area contributed by atoms with Crippen LogP contribution in [-0.4, -0.2) is 55.2 Å². The van der Waals surface area contributed by atoms with Gasteiger partial charge < -0.3 is 19.5 Å². The first-order valence-electron chi connectivity index (χ1n) is 8.83. The van der Waals surface area contributed by atoms with E-state index in [1.807, 2.05) is 30.0 Å². The van der Waals surface area contributed by atoms with Crippen molar-refractivity contribution in [2.75, 3.05) is 27.3 Å². The summed E-state index contributed by atoms with van der Waals surface area (Å²) in [4.78, 5) is 15.6. The lowest BCUT2D eigenvalue weighted by Gasteiger charge is -2.29. The first-order valence-corrected chi connectivity index (χ1v) is 8.83. The van der Waals surface area contributed by atoms with Crippen molar-refractivity contribution in [2.24, 2.45) is 20.4 Å². The number of fused-ring (bicyclic) bond motifs is 3. The zero-order valence-electron chi connectivity index (χ0n) is 15.6. The molecule has 4 rings (SSSR count). The maximum Gasteiger partial charge on any atom is 0.162 e. The molecule has 1 atom stereocenters. The second-order valence-electron chi connectivity index (χ2n) is 6.87. The van der Waals surface area contributed by atoms with Gasteiger partial charge in [-0.15, -0.1) is 0 Å². The van der Waals surface area contributed by atoms with Crippen molar-refractivity contribution in [3.8, 4) is 11.5 Å². The van der Waals surface area contributed by atoms with Crippen LogP contribution in [-0.2, 0) is 0 Å². The van der Waals surface area contributed by atoms with Crippen LogP contribution in [0.1, 0.15) is 18.9 Å². The fourth-order valence-electron chi connectivity index (χ4n) is 3.41. The zero-order valence-corrected chi connectivity index (χ0v) is 15.6. The summed E-state index contributed by atoms with van der Waals surface area (Å²) in [6.45, 7) is 3.35. The van der Waals surface area contributed by atoms with Crippen molar-refractivity contribution in [2.45, 2.75) is 13.3 Å². The monoisotopic (exact) mass is 366 g/mol. The smallest absolute Gasteiger partial charge is 0.162 e. The number of methoxy groups -OCH3 is 2. The Morgan fingerprint density at radius 2 is 2.04 bits per heavy atom. The Morgan fingerprint density at radius 1 is 1.26 bits per heavy atom. The second-order valence-corrected chi connectivity index (χ2v) is 6.87. The van der Waals surface area contributed by atoms with Crippen molar-refractivity contribution in [3.63, 3.8) is 0 Å². The summed E-state index contributed by atoms with van der Waals surface area (Å²) in [5, 5.41) is 10.8. The molecule has 140 valence electrons. The summed E-state index contributed by atoms with van der Waals surface area (Å²) in [7, 11) is 3.21. The minimum atomic E-state index is -0.536. The predicted molar refractivity (Wildman–Crippen MR) is 106 cm³/mol. The molecule has 7 heteroatoms. The van der Waals surface area contributed by atoms with Gasteiger partial charge in [-0.2, -0.15) is 0 Å². The van der Waals surface area contributed by atoms with Crippen LogP contribution in [0.2, 0.25) is 0 Å². The van der Waals surface area contributed by atoms with Gasteiger partial charge in [0.05, 0.1) is 31.9 Å². The van der Waals surface area contributed by atoms with Crippen molar-refractivity contribution in [3.05, 3.63) is 41.8 Å². The average molecular weight is 366 g/mol. The maximum absolute atomic E-state index is 10.8. The summed E-state index contributed by atoms with van der Waals surface area (Å²) in [5.74, 6) is 2.97. The summed E-state index contributed by atoms with van der Waals surface area (Å²) >= 11 is 0. The van der Waals surface area contributed by atoms with E-state index in [9.17, 15) is 5.11 Å². The highest BCUT2D eigenvalue weighted by molar-refractivity contribution is 6.19. The Balaban J connectivity index is 1.79. The number of allylic oxidation sites excluding steroid dienone is 2. The molecule has 27 heavy (non-hydrogen) atoms. The van der Waals surface area contributed by atoms with Crippen LogP contribution in [0, 0.1) is 5.41 Å². The van der Waals surface area contributed by atoms with E-state index in [0.717, 1.165) is 23.6 Å². The second kappa shape index (κ2) is 6.57. The molecule has 0 amide bonds. The van der Waals surface area contributed by atoms with E-state index in [2.05, 4.69) is 9.98 Å². The quantitative estimate of drug-likeness (QED) is 0.830. The third kappa shape index (κ3) is 2.89. The van der Waals surface area contributed by atoms with Gasteiger partial charge in [-0.05, 0) is 19.4 Å². The predicted octanol–water partition coefficient (Wildman–Crippen LogP) is 3.25. The highest BCUT2D eigenvalue weighted by Gasteiger charge is 2.33. The topological polar surface area (TPSA) is 79.0 Å². The number of nitrogens with zero attached hydrogens (tertiary/aromatic N) is 4. The van der Waals surface area contributed by atoms with Crippen LogP contribution in [0.15, 0.2) is 51.2 Å². The Hall–Kier alpha value is -3.09. The molecule has 0 aliphatic carbocycles. The van der Waals surface area contributed by atoms with Gasteiger partial charge in [0.15, 0.2) is 11.5 Å². The number of aliphatic hydroxyl groups is 1. The van der Waals surface area contributed by atoms with Crippen LogP contribution in [0.3, 0.4) is 0 Å². The van der Waals surface area contributed by atoms with Crippen LogP contribution in [0.5, 0.6) is 11.5 Å². The van der Waals surface area contributed by atoms with Gasteiger partial charge in [0.25, 0.3) is 0 Å². The Morgan fingerprint density at radius 3 is 2.74 bits per heavy atom. The molecule has 1 aromatic rings. The zero-order chi connectivity index (χ0) is 19.0. The Labute approximate surface area is 158 Å². The van der Waals surface area contributed by atoms with Crippen LogP contribution in [0.4, 0.5) is 5.69 Å². The van der Waals surface area contributed by atoms with Gasteiger partial charge in [0.2, 0.25) is 0 Å². The summed E-state index contributed by atoms with van der Waals surface area (Å²) in [6, 6.07) is 3.73. The van der Waals surface area contributed by atoms with Gasteiger partial charge in [0, 0.05) is 36.7 Å². The van der Waals surface area contributed by atoms with E-state index in [1.165, 1.54) is 0 Å². The molecule has 0 saturated carbocycles. The molecule has 3 aliphatic rings. The first-order chi connectivity index (χ1) is 13.1. The fourth-order valence-corrected chi connectivity index (χ4v) is 3.41. The van der Waals surface area contributed by atoms with Gasteiger partial charge in [-0.1, -0.05) is 6.08 Å². The van der Waals surface area contributed by atoms with Gasteiger partial charge in [-0.3, -0.25) is 9.98 Å². The number of aliphatic hydroxyl groups excluding tert-OH is 1. The molecule has 3 heterocycles. The highest BCUT2D eigenvalue weighted by Crippen LogP contribution is 2.39. The molecule has 1 N–H and O–H groups in total. The van der Waals surface area contributed by atoms with Crippen molar-refractivity contribution >= 4 is 23.6 Å². The molecular formula is C20H22N4O3. The number of benzene rings is 1. The number of rotatable bonds is 4. The molecule has 0 radical (unpaired) electrons. The van der Waals surface area contributed by atoms with E-state index in [1.54, 1.807) is 32.7 Å². The lowest BCUT2D eigenvalue weighted by atomic mass is 9.84. The normalized spacial score (nSPS) is 23.5. The first kappa shape index (κ1) is 17.3. The minimum absolute atomic E-state index is 0.226.